The lowest BCUT2D eigenvalue weighted by molar-refractivity contribution is 0.511. The molecule has 1 aliphatic rings. The summed E-state index contributed by atoms with van der Waals surface area (Å²) in [7, 11) is 0. The van der Waals surface area contributed by atoms with Crippen molar-refractivity contribution in [3.63, 3.8) is 0 Å². The van der Waals surface area contributed by atoms with Crippen LogP contribution < -0.4 is 0 Å². The van der Waals surface area contributed by atoms with Crippen molar-refractivity contribution >= 4 is 15.9 Å². The smallest absolute Gasteiger partial charge is 0.168 e. The zero-order valence-electron chi connectivity index (χ0n) is 9.33. The highest BCUT2D eigenvalue weighted by Crippen LogP contribution is 2.39. The third-order valence-corrected chi connectivity index (χ3v) is 3.29. The molecule has 0 spiro atoms. The van der Waals surface area contributed by atoms with Gasteiger partial charge in [-0.15, -0.1) is 0 Å². The summed E-state index contributed by atoms with van der Waals surface area (Å²) in [4.78, 5) is 8.58. The third kappa shape index (κ3) is 2.14. The molecule has 3 rings (SSSR count). The van der Waals surface area contributed by atoms with Crippen molar-refractivity contribution in [2.75, 3.05) is 0 Å². The van der Waals surface area contributed by atoms with Crippen molar-refractivity contribution in [1.29, 1.82) is 0 Å². The van der Waals surface area contributed by atoms with Crippen molar-refractivity contribution < 1.29 is 8.78 Å². The molecular weight excluding hydrogens is 302 g/mol. The second kappa shape index (κ2) is 4.39. The average molecular weight is 311 g/mol. The fourth-order valence-corrected chi connectivity index (χ4v) is 2.20. The van der Waals surface area contributed by atoms with Gasteiger partial charge in [-0.25, -0.2) is 18.7 Å². The lowest BCUT2D eigenvalue weighted by Gasteiger charge is -2.06. The van der Waals surface area contributed by atoms with Crippen LogP contribution >= 0.6 is 15.9 Å². The standard InChI is InChI=1S/C13H9BrF2N2/c14-11-6-10(17-13(18-11)7-4-5-7)8-2-1-3-9(15)12(8)16/h1-3,6-7H,4-5H2. The maximum absolute atomic E-state index is 13.7. The number of hydrogen-bond acceptors (Lipinski definition) is 2. The van der Waals surface area contributed by atoms with E-state index in [9.17, 15) is 8.78 Å². The highest BCUT2D eigenvalue weighted by Gasteiger charge is 2.27. The van der Waals surface area contributed by atoms with E-state index in [0.717, 1.165) is 18.9 Å². The summed E-state index contributed by atoms with van der Waals surface area (Å²) in [5.41, 5.74) is 0.579. The van der Waals surface area contributed by atoms with E-state index in [4.69, 9.17) is 0 Å². The Balaban J connectivity index is 2.13. The second-order valence-electron chi connectivity index (χ2n) is 4.31. The molecule has 1 aliphatic carbocycles. The molecule has 0 aliphatic heterocycles. The predicted octanol–water partition coefficient (Wildman–Crippen LogP) is 4.06. The minimum Gasteiger partial charge on any atom is -0.232 e. The number of aromatic nitrogens is 2. The van der Waals surface area contributed by atoms with Gasteiger partial charge in [0.2, 0.25) is 0 Å². The van der Waals surface area contributed by atoms with Crippen LogP contribution in [-0.4, -0.2) is 9.97 Å². The maximum atomic E-state index is 13.7. The first kappa shape index (κ1) is 11.7. The molecule has 1 fully saturated rings. The number of benzene rings is 1. The molecule has 1 saturated carbocycles. The zero-order chi connectivity index (χ0) is 12.7. The van der Waals surface area contributed by atoms with Gasteiger partial charge in [0.25, 0.3) is 0 Å². The first-order chi connectivity index (χ1) is 8.65. The molecular formula is C13H9BrF2N2. The van der Waals surface area contributed by atoms with E-state index in [2.05, 4.69) is 25.9 Å². The average Bonchev–Trinajstić information content (AvgIpc) is 3.16. The number of nitrogens with zero attached hydrogens (tertiary/aromatic N) is 2. The minimum atomic E-state index is -0.871. The van der Waals surface area contributed by atoms with E-state index in [1.165, 1.54) is 12.1 Å². The summed E-state index contributed by atoms with van der Waals surface area (Å²) in [6.45, 7) is 0. The second-order valence-corrected chi connectivity index (χ2v) is 5.12. The Kier molecular flexibility index (Phi) is 2.86. The van der Waals surface area contributed by atoms with Gasteiger partial charge in [0.15, 0.2) is 11.6 Å². The summed E-state index contributed by atoms with van der Waals surface area (Å²) in [5, 5.41) is 0. The molecule has 92 valence electrons. The Labute approximate surface area is 111 Å². The van der Waals surface area contributed by atoms with E-state index in [-0.39, 0.29) is 5.56 Å². The van der Waals surface area contributed by atoms with Crippen molar-refractivity contribution in [2.24, 2.45) is 0 Å². The first-order valence-electron chi connectivity index (χ1n) is 5.64. The molecule has 0 bridgehead atoms. The lowest BCUT2D eigenvalue weighted by Crippen LogP contribution is -1.98. The van der Waals surface area contributed by atoms with Gasteiger partial charge in [-0.05, 0) is 47.0 Å². The van der Waals surface area contributed by atoms with Gasteiger partial charge >= 0.3 is 0 Å². The van der Waals surface area contributed by atoms with Crippen LogP contribution in [0.15, 0.2) is 28.9 Å². The number of rotatable bonds is 2. The molecule has 0 atom stereocenters. The van der Waals surface area contributed by atoms with Gasteiger partial charge in [0, 0.05) is 11.5 Å². The molecule has 0 N–H and O–H groups in total. The van der Waals surface area contributed by atoms with E-state index in [1.54, 1.807) is 6.07 Å². The normalized spacial score (nSPS) is 14.8. The van der Waals surface area contributed by atoms with Crippen molar-refractivity contribution in [3.8, 4) is 11.3 Å². The van der Waals surface area contributed by atoms with E-state index < -0.39 is 11.6 Å². The van der Waals surface area contributed by atoms with Crippen LogP contribution in [0.1, 0.15) is 24.6 Å². The zero-order valence-corrected chi connectivity index (χ0v) is 10.9. The Morgan fingerprint density at radius 1 is 1.17 bits per heavy atom. The molecule has 0 radical (unpaired) electrons. The molecule has 0 unspecified atom stereocenters. The van der Waals surface area contributed by atoms with Crippen LogP contribution in [0, 0.1) is 11.6 Å². The Hall–Kier alpha value is -1.36. The molecule has 0 saturated heterocycles. The topological polar surface area (TPSA) is 25.8 Å². The van der Waals surface area contributed by atoms with Crippen LogP contribution in [-0.2, 0) is 0 Å². The van der Waals surface area contributed by atoms with Crippen molar-refractivity contribution in [3.05, 3.63) is 46.3 Å². The predicted molar refractivity (Wildman–Crippen MR) is 67.1 cm³/mol. The molecule has 5 heteroatoms. The summed E-state index contributed by atoms with van der Waals surface area (Å²) in [6.07, 6.45) is 2.11. The van der Waals surface area contributed by atoms with Gasteiger partial charge in [-0.2, -0.15) is 0 Å². The van der Waals surface area contributed by atoms with Crippen LogP contribution in [0.4, 0.5) is 8.78 Å². The largest absolute Gasteiger partial charge is 0.232 e. The summed E-state index contributed by atoms with van der Waals surface area (Å²) >= 11 is 3.28. The highest BCUT2D eigenvalue weighted by atomic mass is 79.9. The molecule has 18 heavy (non-hydrogen) atoms. The molecule has 0 amide bonds. The van der Waals surface area contributed by atoms with E-state index >= 15 is 0 Å². The van der Waals surface area contributed by atoms with Gasteiger partial charge in [0.05, 0.1) is 5.69 Å². The highest BCUT2D eigenvalue weighted by molar-refractivity contribution is 9.10. The first-order valence-corrected chi connectivity index (χ1v) is 6.43. The number of hydrogen-bond donors (Lipinski definition) is 0. The van der Waals surface area contributed by atoms with Gasteiger partial charge in [0.1, 0.15) is 10.4 Å². The Morgan fingerprint density at radius 3 is 2.67 bits per heavy atom. The quantitative estimate of drug-likeness (QED) is 0.782. The SMILES string of the molecule is Fc1cccc(-c2cc(Br)nc(C3CC3)n2)c1F. The van der Waals surface area contributed by atoms with E-state index in [0.29, 0.717) is 22.0 Å². The molecule has 1 aromatic heterocycles. The van der Waals surface area contributed by atoms with E-state index in [1.807, 2.05) is 0 Å². The molecule has 1 aromatic carbocycles. The van der Waals surface area contributed by atoms with Crippen LogP contribution in [0.3, 0.4) is 0 Å². The Morgan fingerprint density at radius 2 is 1.94 bits per heavy atom. The third-order valence-electron chi connectivity index (χ3n) is 2.88. The fraction of sp³-hybridized carbons (Fsp3) is 0.231. The van der Waals surface area contributed by atoms with Crippen LogP contribution in [0.5, 0.6) is 0 Å². The van der Waals surface area contributed by atoms with Crippen molar-refractivity contribution in [1.82, 2.24) is 9.97 Å². The van der Waals surface area contributed by atoms with Gasteiger partial charge in [-0.3, -0.25) is 0 Å². The molecule has 2 nitrogen and oxygen atoms in total. The van der Waals surface area contributed by atoms with Gasteiger partial charge in [-0.1, -0.05) is 6.07 Å². The van der Waals surface area contributed by atoms with Crippen molar-refractivity contribution in [2.45, 2.75) is 18.8 Å². The van der Waals surface area contributed by atoms with Gasteiger partial charge < -0.3 is 0 Å². The maximum Gasteiger partial charge on any atom is 0.168 e. The summed E-state index contributed by atoms with van der Waals surface area (Å²) in [6, 6.07) is 5.69. The fourth-order valence-electron chi connectivity index (χ4n) is 1.80. The number of halogens is 3. The Bertz CT molecular complexity index is 612. The molecule has 1 heterocycles. The minimum absolute atomic E-state index is 0.167. The molecule has 2 aromatic rings. The lowest BCUT2D eigenvalue weighted by atomic mass is 10.1. The summed E-state index contributed by atoms with van der Waals surface area (Å²) in [5.74, 6) is -0.680. The van der Waals surface area contributed by atoms with Crippen LogP contribution in [0.25, 0.3) is 11.3 Å². The van der Waals surface area contributed by atoms with Crippen LogP contribution in [0.2, 0.25) is 0 Å². The monoisotopic (exact) mass is 310 g/mol. The summed E-state index contributed by atoms with van der Waals surface area (Å²) < 4.78 is 27.5.